The number of hydrogen-bond donors (Lipinski definition) is 1. The number of rotatable bonds is 5. The quantitative estimate of drug-likeness (QED) is 0.760. The van der Waals surface area contributed by atoms with E-state index in [-0.39, 0.29) is 17.4 Å². The smallest absolute Gasteiger partial charge is 0.276 e. The van der Waals surface area contributed by atoms with E-state index in [0.29, 0.717) is 22.9 Å². The summed E-state index contributed by atoms with van der Waals surface area (Å²) >= 11 is 0. The predicted molar refractivity (Wildman–Crippen MR) is 95.8 cm³/mol. The zero-order chi connectivity index (χ0) is 18.7. The second-order valence-corrected chi connectivity index (χ2v) is 5.58. The van der Waals surface area contributed by atoms with Crippen molar-refractivity contribution >= 4 is 11.6 Å². The Balaban J connectivity index is 1.87. The fourth-order valence-corrected chi connectivity index (χ4v) is 2.53. The molecular formula is C19H18FN3O3. The van der Waals surface area contributed by atoms with Crippen LogP contribution in [0.15, 0.2) is 48.5 Å². The first-order valence-electron chi connectivity index (χ1n) is 7.88. The molecule has 1 N–H and O–H groups in total. The van der Waals surface area contributed by atoms with Gasteiger partial charge in [-0.3, -0.25) is 4.79 Å². The predicted octanol–water partition coefficient (Wildman–Crippen LogP) is 3.59. The first-order valence-corrected chi connectivity index (χ1v) is 7.88. The van der Waals surface area contributed by atoms with E-state index in [1.165, 1.54) is 19.2 Å². The van der Waals surface area contributed by atoms with Gasteiger partial charge in [0.1, 0.15) is 17.3 Å². The average Bonchev–Trinajstić information content (AvgIpc) is 3.04. The molecule has 1 heterocycles. The molecule has 0 saturated carbocycles. The molecule has 0 aliphatic rings. The van der Waals surface area contributed by atoms with Crippen LogP contribution < -0.4 is 14.8 Å². The molecule has 2 aromatic carbocycles. The van der Waals surface area contributed by atoms with Gasteiger partial charge < -0.3 is 14.8 Å². The molecule has 0 aliphatic heterocycles. The molecule has 1 aromatic heterocycles. The summed E-state index contributed by atoms with van der Waals surface area (Å²) in [6.07, 6.45) is 0. The molecule has 3 rings (SSSR count). The molecular weight excluding hydrogens is 337 g/mol. The number of anilines is 1. The van der Waals surface area contributed by atoms with Crippen LogP contribution in [0, 0.1) is 12.7 Å². The van der Waals surface area contributed by atoms with Crippen molar-refractivity contribution in [2.75, 3.05) is 19.5 Å². The van der Waals surface area contributed by atoms with Crippen LogP contribution in [-0.2, 0) is 0 Å². The van der Waals surface area contributed by atoms with Crippen molar-refractivity contribution in [3.05, 3.63) is 65.7 Å². The van der Waals surface area contributed by atoms with Gasteiger partial charge in [0.05, 0.1) is 25.6 Å². The highest BCUT2D eigenvalue weighted by molar-refractivity contribution is 6.03. The summed E-state index contributed by atoms with van der Waals surface area (Å²) < 4.78 is 25.1. The van der Waals surface area contributed by atoms with E-state index in [0.717, 1.165) is 5.69 Å². The molecule has 0 radical (unpaired) electrons. The van der Waals surface area contributed by atoms with Crippen LogP contribution in [0.4, 0.5) is 10.1 Å². The molecule has 134 valence electrons. The van der Waals surface area contributed by atoms with Crippen molar-refractivity contribution in [3.8, 4) is 17.2 Å². The molecule has 0 fully saturated rings. The zero-order valence-electron chi connectivity index (χ0n) is 14.6. The highest BCUT2D eigenvalue weighted by Gasteiger charge is 2.16. The van der Waals surface area contributed by atoms with Crippen LogP contribution in [0.5, 0.6) is 11.5 Å². The van der Waals surface area contributed by atoms with Gasteiger partial charge in [-0.25, -0.2) is 9.07 Å². The minimum Gasteiger partial charge on any atom is -0.497 e. The van der Waals surface area contributed by atoms with Crippen LogP contribution >= 0.6 is 0 Å². The molecule has 0 unspecified atom stereocenters. The average molecular weight is 355 g/mol. The number of nitrogens with zero attached hydrogens (tertiary/aromatic N) is 2. The van der Waals surface area contributed by atoms with E-state index in [1.54, 1.807) is 48.2 Å². The van der Waals surface area contributed by atoms with Gasteiger partial charge in [0, 0.05) is 11.8 Å². The highest BCUT2D eigenvalue weighted by Crippen LogP contribution is 2.29. The topological polar surface area (TPSA) is 65.4 Å². The Morgan fingerprint density at radius 3 is 2.46 bits per heavy atom. The zero-order valence-corrected chi connectivity index (χ0v) is 14.6. The Kier molecular flexibility index (Phi) is 4.88. The molecule has 0 spiro atoms. The maximum atomic E-state index is 13.1. The minimum absolute atomic E-state index is 0.233. The second-order valence-electron chi connectivity index (χ2n) is 5.58. The molecule has 0 bridgehead atoms. The van der Waals surface area contributed by atoms with Crippen LogP contribution in [-0.4, -0.2) is 29.9 Å². The molecule has 3 aromatic rings. The van der Waals surface area contributed by atoms with Crippen LogP contribution in [0.2, 0.25) is 0 Å². The molecule has 6 nitrogen and oxygen atoms in total. The number of aromatic nitrogens is 2. The van der Waals surface area contributed by atoms with Gasteiger partial charge in [0.15, 0.2) is 5.69 Å². The van der Waals surface area contributed by atoms with E-state index >= 15 is 0 Å². The Morgan fingerprint density at radius 1 is 1.08 bits per heavy atom. The number of hydrogen-bond acceptors (Lipinski definition) is 4. The summed E-state index contributed by atoms with van der Waals surface area (Å²) in [6.45, 7) is 1.82. The van der Waals surface area contributed by atoms with Crippen LogP contribution in [0.1, 0.15) is 16.2 Å². The van der Waals surface area contributed by atoms with Crippen molar-refractivity contribution in [3.63, 3.8) is 0 Å². The Hall–Kier alpha value is -3.35. The number of benzene rings is 2. The Bertz CT molecular complexity index is 936. The van der Waals surface area contributed by atoms with Gasteiger partial charge in [0.2, 0.25) is 0 Å². The Morgan fingerprint density at radius 2 is 1.81 bits per heavy atom. The lowest BCUT2D eigenvalue weighted by Gasteiger charge is -2.11. The maximum Gasteiger partial charge on any atom is 0.276 e. The fraction of sp³-hybridized carbons (Fsp3) is 0.158. The normalized spacial score (nSPS) is 10.5. The Labute approximate surface area is 150 Å². The lowest BCUT2D eigenvalue weighted by Crippen LogP contribution is -2.14. The molecule has 7 heteroatoms. The van der Waals surface area contributed by atoms with Crippen molar-refractivity contribution in [2.45, 2.75) is 6.92 Å². The third-order valence-electron chi connectivity index (χ3n) is 3.85. The van der Waals surface area contributed by atoms with Crippen LogP contribution in [0.3, 0.4) is 0 Å². The highest BCUT2D eigenvalue weighted by atomic mass is 19.1. The molecule has 26 heavy (non-hydrogen) atoms. The van der Waals surface area contributed by atoms with Gasteiger partial charge in [0.25, 0.3) is 5.91 Å². The number of nitrogens with one attached hydrogen (secondary N) is 1. The first-order chi connectivity index (χ1) is 12.5. The summed E-state index contributed by atoms with van der Waals surface area (Å²) in [6, 6.07) is 12.7. The lowest BCUT2D eigenvalue weighted by atomic mass is 10.2. The number of aryl methyl sites for hydroxylation is 1. The largest absolute Gasteiger partial charge is 0.497 e. The van der Waals surface area contributed by atoms with E-state index < -0.39 is 0 Å². The van der Waals surface area contributed by atoms with Crippen molar-refractivity contribution in [2.24, 2.45) is 0 Å². The number of carbonyl (C=O) groups is 1. The van der Waals surface area contributed by atoms with Crippen molar-refractivity contribution in [1.82, 2.24) is 9.78 Å². The standard InChI is InChI=1S/C19H18FN3O3/c1-12-10-17(22-23(12)14-6-4-13(20)5-7-14)19(24)21-16-11-15(25-2)8-9-18(16)26-3/h4-11H,1-3H3,(H,21,24). The lowest BCUT2D eigenvalue weighted by molar-refractivity contribution is 0.102. The summed E-state index contributed by atoms with van der Waals surface area (Å²) in [4.78, 5) is 12.6. The molecule has 0 saturated heterocycles. The monoisotopic (exact) mass is 355 g/mol. The summed E-state index contributed by atoms with van der Waals surface area (Å²) in [5, 5.41) is 7.09. The van der Waals surface area contributed by atoms with Crippen molar-refractivity contribution < 1.29 is 18.7 Å². The SMILES string of the molecule is COc1ccc(OC)c(NC(=O)c2cc(C)n(-c3ccc(F)cc3)n2)c1. The van der Waals surface area contributed by atoms with Gasteiger partial charge in [-0.05, 0) is 49.4 Å². The summed E-state index contributed by atoms with van der Waals surface area (Å²) in [7, 11) is 3.06. The van der Waals surface area contributed by atoms with Crippen molar-refractivity contribution in [1.29, 1.82) is 0 Å². The van der Waals surface area contributed by atoms with Gasteiger partial charge in [-0.2, -0.15) is 5.10 Å². The molecule has 0 aliphatic carbocycles. The fourth-order valence-electron chi connectivity index (χ4n) is 2.53. The molecule has 0 atom stereocenters. The van der Waals surface area contributed by atoms with Gasteiger partial charge >= 0.3 is 0 Å². The minimum atomic E-state index is -0.388. The van der Waals surface area contributed by atoms with Crippen LogP contribution in [0.25, 0.3) is 5.69 Å². The van der Waals surface area contributed by atoms with E-state index in [1.807, 2.05) is 6.92 Å². The third-order valence-corrected chi connectivity index (χ3v) is 3.85. The first kappa shape index (κ1) is 17.5. The van der Waals surface area contributed by atoms with E-state index in [2.05, 4.69) is 10.4 Å². The third kappa shape index (κ3) is 3.51. The van der Waals surface area contributed by atoms with E-state index in [9.17, 15) is 9.18 Å². The summed E-state index contributed by atoms with van der Waals surface area (Å²) in [5.74, 6) is 0.380. The number of carbonyl (C=O) groups excluding carboxylic acids is 1. The number of amides is 1. The van der Waals surface area contributed by atoms with Gasteiger partial charge in [-0.15, -0.1) is 0 Å². The molecule has 1 amide bonds. The summed E-state index contributed by atoms with van der Waals surface area (Å²) in [5.41, 5.74) is 2.13. The second kappa shape index (κ2) is 7.26. The van der Waals surface area contributed by atoms with Gasteiger partial charge in [-0.1, -0.05) is 0 Å². The maximum absolute atomic E-state index is 13.1. The van der Waals surface area contributed by atoms with E-state index in [4.69, 9.17) is 9.47 Å². The number of ether oxygens (including phenoxy) is 2. The number of halogens is 1. The number of methoxy groups -OCH3 is 2.